The molecule has 0 bridgehead atoms. The molecule has 0 aliphatic carbocycles. The van der Waals surface area contributed by atoms with Crippen LogP contribution >= 0.6 is 11.6 Å². The summed E-state index contributed by atoms with van der Waals surface area (Å²) in [4.78, 5) is 14.0. The number of anilines is 1. The Kier molecular flexibility index (Phi) is 5.48. The monoisotopic (exact) mass is 409 g/mol. The summed E-state index contributed by atoms with van der Waals surface area (Å²) in [5, 5.41) is 2.49. The molecule has 27 heavy (non-hydrogen) atoms. The number of likely N-dealkylation sites (tertiary alicyclic amines) is 1. The molecule has 1 aliphatic heterocycles. The number of benzene rings is 2. The van der Waals surface area contributed by atoms with Gasteiger partial charge in [-0.05, 0) is 42.8 Å². The van der Waals surface area contributed by atoms with Crippen molar-refractivity contribution in [1.82, 2.24) is 4.90 Å². The van der Waals surface area contributed by atoms with Gasteiger partial charge in [-0.3, -0.25) is 4.79 Å². The summed E-state index contributed by atoms with van der Waals surface area (Å²) in [6, 6.07) is 9.46. The van der Waals surface area contributed by atoms with Gasteiger partial charge in [-0.2, -0.15) is 8.42 Å². The second-order valence-electron chi connectivity index (χ2n) is 6.08. The highest BCUT2D eigenvalue weighted by Gasteiger charge is 2.21. The van der Waals surface area contributed by atoms with Crippen molar-refractivity contribution >= 4 is 39.1 Å². The zero-order valence-electron chi connectivity index (χ0n) is 14.4. The summed E-state index contributed by atoms with van der Waals surface area (Å²) in [6.07, 6.45) is 1.49. The second kappa shape index (κ2) is 7.66. The van der Waals surface area contributed by atoms with Gasteiger partial charge < -0.3 is 10.2 Å². The van der Waals surface area contributed by atoms with Crippen LogP contribution in [-0.2, 0) is 10.0 Å². The average molecular weight is 410 g/mol. The molecule has 1 fully saturated rings. The van der Waals surface area contributed by atoms with Crippen LogP contribution in [0.25, 0.3) is 0 Å². The molecule has 0 atom stereocenters. The molecule has 1 saturated heterocycles. The first kappa shape index (κ1) is 19.3. The first-order valence-corrected chi connectivity index (χ1v) is 10.00. The largest absolute Gasteiger partial charge is 0.362 e. The third-order valence-electron chi connectivity index (χ3n) is 4.16. The van der Waals surface area contributed by atoms with Gasteiger partial charge in [-0.1, -0.05) is 17.7 Å². The van der Waals surface area contributed by atoms with Crippen molar-refractivity contribution in [3.63, 3.8) is 0 Å². The molecule has 1 amide bonds. The fourth-order valence-electron chi connectivity index (χ4n) is 2.72. The molecule has 142 valence electrons. The van der Waals surface area contributed by atoms with E-state index in [4.69, 9.17) is 11.6 Å². The van der Waals surface area contributed by atoms with Crippen molar-refractivity contribution in [3.05, 3.63) is 58.9 Å². The third-order valence-corrected chi connectivity index (χ3v) is 5.79. The van der Waals surface area contributed by atoms with Crippen LogP contribution in [0.3, 0.4) is 0 Å². The average Bonchev–Trinajstić information content (AvgIpc) is 2.99. The zero-order valence-corrected chi connectivity index (χ0v) is 16.0. The molecule has 6 nitrogen and oxygen atoms in total. The van der Waals surface area contributed by atoms with Crippen LogP contribution in [0.2, 0.25) is 5.02 Å². The lowest BCUT2D eigenvalue weighted by Gasteiger charge is -2.11. The van der Waals surface area contributed by atoms with E-state index >= 15 is 0 Å². The van der Waals surface area contributed by atoms with Crippen molar-refractivity contribution < 1.29 is 17.6 Å². The number of amides is 1. The maximum absolute atomic E-state index is 13.8. The number of sulfonamides is 1. The standard InChI is InChI=1S/C18H17ClFN3O3S/c1-23-11-3-6-16(23)22-27(25,26)13-9-7-12(8-10-13)21-18(24)17-14(19)4-2-5-15(17)20/h2,4-5,7-10H,3,6,11H2,1H3,(H,21,24). The van der Waals surface area contributed by atoms with Crippen LogP contribution in [0.4, 0.5) is 10.1 Å². The summed E-state index contributed by atoms with van der Waals surface area (Å²) in [5.74, 6) is -0.932. The van der Waals surface area contributed by atoms with Crippen LogP contribution < -0.4 is 5.32 Å². The Morgan fingerprint density at radius 3 is 2.52 bits per heavy atom. The van der Waals surface area contributed by atoms with E-state index in [1.807, 2.05) is 4.90 Å². The molecule has 0 unspecified atom stereocenters. The first-order chi connectivity index (χ1) is 12.8. The van der Waals surface area contributed by atoms with E-state index in [-0.39, 0.29) is 15.5 Å². The van der Waals surface area contributed by atoms with E-state index in [0.717, 1.165) is 19.0 Å². The number of rotatable bonds is 4. The van der Waals surface area contributed by atoms with Gasteiger partial charge in [-0.15, -0.1) is 4.40 Å². The maximum Gasteiger partial charge on any atom is 0.283 e. The number of hydrogen-bond donors (Lipinski definition) is 1. The third kappa shape index (κ3) is 4.28. The van der Waals surface area contributed by atoms with Crippen LogP contribution in [0.15, 0.2) is 51.8 Å². The maximum atomic E-state index is 13.8. The van der Waals surface area contributed by atoms with E-state index in [1.165, 1.54) is 36.4 Å². The van der Waals surface area contributed by atoms with Gasteiger partial charge >= 0.3 is 0 Å². The minimum absolute atomic E-state index is 0.0109. The summed E-state index contributed by atoms with van der Waals surface area (Å²) in [5.41, 5.74) is 0.0374. The lowest BCUT2D eigenvalue weighted by Crippen LogP contribution is -2.20. The molecule has 0 radical (unpaired) electrons. The van der Waals surface area contributed by atoms with Crippen molar-refractivity contribution in [2.75, 3.05) is 18.9 Å². The van der Waals surface area contributed by atoms with Crippen molar-refractivity contribution in [3.8, 4) is 0 Å². The highest BCUT2D eigenvalue weighted by Crippen LogP contribution is 2.22. The molecule has 3 rings (SSSR count). The van der Waals surface area contributed by atoms with Gasteiger partial charge in [0.15, 0.2) is 0 Å². The molecule has 0 aromatic heterocycles. The quantitative estimate of drug-likeness (QED) is 0.837. The predicted molar refractivity (Wildman–Crippen MR) is 102 cm³/mol. The highest BCUT2D eigenvalue weighted by atomic mass is 35.5. The molecule has 0 spiro atoms. The van der Waals surface area contributed by atoms with Crippen LogP contribution in [0.5, 0.6) is 0 Å². The van der Waals surface area contributed by atoms with Crippen molar-refractivity contribution in [2.45, 2.75) is 17.7 Å². The summed E-state index contributed by atoms with van der Waals surface area (Å²) in [7, 11) is -2.04. The molecule has 1 N–H and O–H groups in total. The van der Waals surface area contributed by atoms with Gasteiger partial charge in [0.2, 0.25) is 0 Å². The Balaban J connectivity index is 1.78. The van der Waals surface area contributed by atoms with E-state index in [9.17, 15) is 17.6 Å². The SMILES string of the molecule is CN1CCCC1=NS(=O)(=O)c1ccc(NC(=O)c2c(F)cccc2Cl)cc1. The van der Waals surface area contributed by atoms with Crippen LogP contribution in [0.1, 0.15) is 23.2 Å². The van der Waals surface area contributed by atoms with Gasteiger partial charge in [0.05, 0.1) is 15.5 Å². The van der Waals surface area contributed by atoms with E-state index < -0.39 is 21.7 Å². The van der Waals surface area contributed by atoms with Gasteiger partial charge in [0, 0.05) is 25.7 Å². The molecule has 2 aromatic rings. The number of carbonyl (C=O) groups is 1. The fraction of sp³-hybridized carbons (Fsp3) is 0.222. The molecule has 2 aromatic carbocycles. The van der Waals surface area contributed by atoms with E-state index in [2.05, 4.69) is 9.71 Å². The first-order valence-electron chi connectivity index (χ1n) is 8.18. The smallest absolute Gasteiger partial charge is 0.283 e. The molecule has 1 heterocycles. The van der Waals surface area contributed by atoms with Gasteiger partial charge in [0.25, 0.3) is 15.9 Å². The molecule has 1 aliphatic rings. The number of nitrogens with zero attached hydrogens (tertiary/aromatic N) is 2. The minimum atomic E-state index is -3.83. The molecular formula is C18H17ClFN3O3S. The summed E-state index contributed by atoms with van der Waals surface area (Å²) in [6.45, 7) is 0.776. The van der Waals surface area contributed by atoms with Crippen molar-refractivity contribution in [1.29, 1.82) is 0 Å². The van der Waals surface area contributed by atoms with Crippen LogP contribution in [-0.4, -0.2) is 38.7 Å². The fourth-order valence-corrected chi connectivity index (χ4v) is 4.06. The second-order valence-corrected chi connectivity index (χ2v) is 8.09. The lowest BCUT2D eigenvalue weighted by molar-refractivity contribution is 0.102. The number of carbonyl (C=O) groups excluding carboxylic acids is 1. The number of hydrogen-bond acceptors (Lipinski definition) is 3. The zero-order chi connectivity index (χ0) is 19.6. The normalized spacial score (nSPS) is 16.0. The highest BCUT2D eigenvalue weighted by molar-refractivity contribution is 7.90. The number of nitrogens with one attached hydrogen (secondary N) is 1. The number of amidine groups is 1. The Labute approximate surface area is 161 Å². The van der Waals surface area contributed by atoms with E-state index in [1.54, 1.807) is 7.05 Å². The Hall–Kier alpha value is -2.45. The van der Waals surface area contributed by atoms with Crippen molar-refractivity contribution in [2.24, 2.45) is 4.40 Å². The Bertz CT molecular complexity index is 987. The van der Waals surface area contributed by atoms with Gasteiger partial charge in [0.1, 0.15) is 11.7 Å². The predicted octanol–water partition coefficient (Wildman–Crippen LogP) is 3.54. The molecule has 9 heteroatoms. The Morgan fingerprint density at radius 1 is 1.22 bits per heavy atom. The number of halogens is 2. The van der Waals surface area contributed by atoms with Gasteiger partial charge in [-0.25, -0.2) is 4.39 Å². The lowest BCUT2D eigenvalue weighted by atomic mass is 10.2. The summed E-state index contributed by atoms with van der Waals surface area (Å²) < 4.78 is 42.5. The molecular weight excluding hydrogens is 393 g/mol. The van der Waals surface area contributed by atoms with E-state index in [0.29, 0.717) is 17.9 Å². The topological polar surface area (TPSA) is 78.8 Å². The molecule has 0 saturated carbocycles. The van der Waals surface area contributed by atoms with Crippen LogP contribution in [0, 0.1) is 5.82 Å². The summed E-state index contributed by atoms with van der Waals surface area (Å²) >= 11 is 5.87. The Morgan fingerprint density at radius 2 is 1.93 bits per heavy atom. The minimum Gasteiger partial charge on any atom is -0.362 e.